The van der Waals surface area contributed by atoms with Crippen molar-refractivity contribution in [2.75, 3.05) is 11.9 Å². The second-order valence-corrected chi connectivity index (χ2v) is 10.5. The number of hydrogen-bond acceptors (Lipinski definition) is 4. The first kappa shape index (κ1) is 26.8. The largest absolute Gasteiger partial charge is 0.476 e. The second kappa shape index (κ2) is 11.0. The number of halogens is 2. The Kier molecular flexibility index (Phi) is 7.96. The van der Waals surface area contributed by atoms with Gasteiger partial charge in [-0.15, -0.1) is 0 Å². The number of ether oxygens (including phenoxy) is 1. The van der Waals surface area contributed by atoms with E-state index >= 15 is 0 Å². The molecule has 37 heavy (non-hydrogen) atoms. The van der Waals surface area contributed by atoms with Gasteiger partial charge in [-0.25, -0.2) is 0 Å². The van der Waals surface area contributed by atoms with Crippen molar-refractivity contribution >= 4 is 45.8 Å². The number of hydrogen-bond donors (Lipinski definition) is 1. The summed E-state index contributed by atoms with van der Waals surface area (Å²) in [5, 5.41) is 4.27. The number of rotatable bonds is 7. The minimum absolute atomic E-state index is 0.0638. The van der Waals surface area contributed by atoms with Crippen LogP contribution in [0.1, 0.15) is 56.2 Å². The van der Waals surface area contributed by atoms with E-state index in [1.807, 2.05) is 25.1 Å². The van der Waals surface area contributed by atoms with Gasteiger partial charge < -0.3 is 14.5 Å². The fourth-order valence-electron chi connectivity index (χ4n) is 4.23. The first-order valence-corrected chi connectivity index (χ1v) is 12.9. The topological polar surface area (TPSA) is 68.5 Å². The molecule has 1 amide bonds. The van der Waals surface area contributed by atoms with Gasteiger partial charge in [-0.2, -0.15) is 0 Å². The average molecular weight is 538 g/mol. The summed E-state index contributed by atoms with van der Waals surface area (Å²) in [6.07, 6.45) is 0. The molecule has 0 radical (unpaired) electrons. The number of fused-ring (bicyclic) bond motifs is 1. The molecule has 0 spiro atoms. The first-order valence-electron chi connectivity index (χ1n) is 12.1. The van der Waals surface area contributed by atoms with Crippen molar-refractivity contribution in [2.45, 2.75) is 46.5 Å². The Balaban J connectivity index is 1.72. The van der Waals surface area contributed by atoms with Crippen LogP contribution >= 0.6 is 23.2 Å². The van der Waals surface area contributed by atoms with E-state index in [1.54, 1.807) is 36.4 Å². The zero-order chi connectivity index (χ0) is 26.9. The molecule has 4 aromatic rings. The van der Waals surface area contributed by atoms with Crippen LogP contribution in [-0.2, 0) is 4.79 Å². The maximum Gasteiger partial charge on any atom is 0.262 e. The molecule has 1 aromatic heterocycles. The zero-order valence-electron chi connectivity index (χ0n) is 21.4. The lowest BCUT2D eigenvalue weighted by Gasteiger charge is -2.20. The van der Waals surface area contributed by atoms with Gasteiger partial charge in [-0.3, -0.25) is 9.59 Å². The Hall–Kier alpha value is -3.28. The van der Waals surface area contributed by atoms with Crippen molar-refractivity contribution in [1.29, 1.82) is 0 Å². The number of benzene rings is 3. The molecule has 1 N–H and O–H groups in total. The van der Waals surface area contributed by atoms with Gasteiger partial charge in [0.05, 0.1) is 5.39 Å². The number of para-hydroxylation sites is 1. The van der Waals surface area contributed by atoms with E-state index in [4.69, 9.17) is 32.4 Å². The summed E-state index contributed by atoms with van der Waals surface area (Å²) in [7, 11) is 0. The van der Waals surface area contributed by atoms with Gasteiger partial charge >= 0.3 is 0 Å². The lowest BCUT2D eigenvalue weighted by atomic mass is 9.92. The molecular formula is C30H29Cl2NO4. The molecule has 0 aliphatic carbocycles. The minimum atomic E-state index is -0.411. The maximum atomic E-state index is 13.5. The Bertz CT molecular complexity index is 1500. The quantitative estimate of drug-likeness (QED) is 0.257. The molecule has 0 aliphatic heterocycles. The van der Waals surface area contributed by atoms with Crippen LogP contribution in [0.2, 0.25) is 10.0 Å². The summed E-state index contributed by atoms with van der Waals surface area (Å²) in [6, 6.07) is 16.1. The van der Waals surface area contributed by atoms with Crippen LogP contribution in [0.5, 0.6) is 5.75 Å². The smallest absolute Gasteiger partial charge is 0.262 e. The second-order valence-electron chi connectivity index (χ2n) is 9.65. The Morgan fingerprint density at radius 1 is 0.973 bits per heavy atom. The number of aryl methyl sites for hydroxylation is 1. The summed E-state index contributed by atoms with van der Waals surface area (Å²) < 4.78 is 12.0. The number of anilines is 1. The highest BCUT2D eigenvalue weighted by atomic mass is 35.5. The van der Waals surface area contributed by atoms with Gasteiger partial charge in [0.15, 0.2) is 12.4 Å². The molecule has 0 atom stereocenters. The molecular weight excluding hydrogens is 509 g/mol. The summed E-state index contributed by atoms with van der Waals surface area (Å²) >= 11 is 12.3. The van der Waals surface area contributed by atoms with Crippen LogP contribution in [0.4, 0.5) is 5.69 Å². The van der Waals surface area contributed by atoms with Crippen molar-refractivity contribution in [3.8, 4) is 17.1 Å². The standard InChI is InChI=1S/C30H29Cl2NO4/c1-16(2)21-7-6-8-22(17(3)4)27(21)33-26(34)15-36-30-28(35)23-14-24(32)18(5)13-25(23)37-29(30)19-9-11-20(31)12-10-19/h6-14,16-17H,15H2,1-5H3,(H,33,34). The van der Waals surface area contributed by atoms with Gasteiger partial charge in [0.25, 0.3) is 5.91 Å². The third-order valence-electron chi connectivity index (χ3n) is 6.22. The van der Waals surface area contributed by atoms with Crippen LogP contribution in [0.25, 0.3) is 22.3 Å². The predicted molar refractivity (Wildman–Crippen MR) is 151 cm³/mol. The Labute approximate surface area is 226 Å². The molecule has 192 valence electrons. The normalized spacial score (nSPS) is 11.4. The van der Waals surface area contributed by atoms with Gasteiger partial charge in [0, 0.05) is 21.3 Å². The zero-order valence-corrected chi connectivity index (χ0v) is 23.0. The van der Waals surface area contributed by atoms with E-state index in [0.717, 1.165) is 22.4 Å². The van der Waals surface area contributed by atoms with Gasteiger partial charge in [-0.1, -0.05) is 69.1 Å². The van der Waals surface area contributed by atoms with Crippen molar-refractivity contribution in [3.63, 3.8) is 0 Å². The minimum Gasteiger partial charge on any atom is -0.476 e. The fourth-order valence-corrected chi connectivity index (χ4v) is 4.52. The van der Waals surface area contributed by atoms with Crippen molar-refractivity contribution in [3.05, 3.63) is 91.6 Å². The highest BCUT2D eigenvalue weighted by Crippen LogP contribution is 2.34. The van der Waals surface area contributed by atoms with Crippen molar-refractivity contribution < 1.29 is 13.9 Å². The summed E-state index contributed by atoms with van der Waals surface area (Å²) in [4.78, 5) is 26.6. The average Bonchev–Trinajstić information content (AvgIpc) is 2.85. The number of carbonyl (C=O) groups is 1. The number of nitrogens with one attached hydrogen (secondary N) is 1. The highest BCUT2D eigenvalue weighted by Gasteiger charge is 2.21. The van der Waals surface area contributed by atoms with E-state index in [9.17, 15) is 9.59 Å². The van der Waals surface area contributed by atoms with Crippen LogP contribution in [0.15, 0.2) is 63.8 Å². The van der Waals surface area contributed by atoms with Crippen LogP contribution in [0.3, 0.4) is 0 Å². The predicted octanol–water partition coefficient (Wildman–Crippen LogP) is 8.34. The third kappa shape index (κ3) is 5.68. The fraction of sp³-hybridized carbons (Fsp3) is 0.267. The maximum absolute atomic E-state index is 13.5. The lowest BCUT2D eigenvalue weighted by Crippen LogP contribution is -2.24. The van der Waals surface area contributed by atoms with E-state index in [0.29, 0.717) is 21.2 Å². The SMILES string of the molecule is Cc1cc2oc(-c3ccc(Cl)cc3)c(OCC(=O)Nc3c(C(C)C)cccc3C(C)C)c(=O)c2cc1Cl. The highest BCUT2D eigenvalue weighted by molar-refractivity contribution is 6.32. The van der Waals surface area contributed by atoms with Crippen LogP contribution in [-0.4, -0.2) is 12.5 Å². The summed E-state index contributed by atoms with van der Waals surface area (Å²) in [5.41, 5.74) is 4.20. The molecule has 1 heterocycles. The molecule has 0 fully saturated rings. The molecule has 0 saturated carbocycles. The molecule has 0 saturated heterocycles. The lowest BCUT2D eigenvalue weighted by molar-refractivity contribution is -0.118. The Morgan fingerprint density at radius 2 is 1.59 bits per heavy atom. The first-order chi connectivity index (χ1) is 17.6. The van der Waals surface area contributed by atoms with E-state index in [-0.39, 0.29) is 41.2 Å². The monoisotopic (exact) mass is 537 g/mol. The van der Waals surface area contributed by atoms with Gasteiger partial charge in [0.1, 0.15) is 5.58 Å². The van der Waals surface area contributed by atoms with Crippen LogP contribution in [0, 0.1) is 6.92 Å². The van der Waals surface area contributed by atoms with E-state index < -0.39 is 5.43 Å². The molecule has 0 aliphatic rings. The molecule has 4 rings (SSSR count). The molecule has 0 unspecified atom stereocenters. The molecule has 0 bridgehead atoms. The summed E-state index contributed by atoms with van der Waals surface area (Å²) in [6.45, 7) is 9.78. The van der Waals surface area contributed by atoms with Crippen molar-refractivity contribution in [2.24, 2.45) is 0 Å². The molecule has 3 aromatic carbocycles. The summed E-state index contributed by atoms with van der Waals surface area (Å²) in [5.74, 6) is 0.207. The van der Waals surface area contributed by atoms with Gasteiger partial charge in [-0.05, 0) is 71.8 Å². The number of amides is 1. The van der Waals surface area contributed by atoms with Gasteiger partial charge in [0.2, 0.25) is 11.2 Å². The number of carbonyl (C=O) groups excluding carboxylic acids is 1. The molecule has 5 nitrogen and oxygen atoms in total. The third-order valence-corrected chi connectivity index (χ3v) is 6.88. The molecule has 7 heteroatoms. The Morgan fingerprint density at radius 3 is 2.19 bits per heavy atom. The van der Waals surface area contributed by atoms with Crippen molar-refractivity contribution in [1.82, 2.24) is 0 Å². The van der Waals surface area contributed by atoms with Crippen LogP contribution < -0.4 is 15.5 Å². The van der Waals surface area contributed by atoms with E-state index in [2.05, 4.69) is 33.0 Å². The van der Waals surface area contributed by atoms with E-state index in [1.165, 1.54) is 0 Å².